The van der Waals surface area contributed by atoms with E-state index in [4.69, 9.17) is 31.2 Å². The van der Waals surface area contributed by atoms with Crippen molar-refractivity contribution in [1.82, 2.24) is 14.8 Å². The molecule has 7 nitrogen and oxygen atoms in total. The Bertz CT molecular complexity index is 1570. The third-order valence-electron chi connectivity index (χ3n) is 6.51. The maximum Gasteiger partial charge on any atom is 0.227 e. The zero-order valence-electron chi connectivity index (χ0n) is 22.2. The van der Waals surface area contributed by atoms with Crippen LogP contribution >= 0.6 is 23.4 Å². The standard InChI is InChI=1S/C30H29ClN4O3S/c1-18-8-7-9-21(14-18)16-38-25-13-12-22(15-26(25)37-4)28-27(20(3)36)19(2)32-29-33-30(34-35(28)29)39-17-23-10-5-6-11-24(23)31/h5-15,28H,16-17H2,1-4H3,(H,32,33,34). The van der Waals surface area contributed by atoms with Crippen molar-refractivity contribution in [2.75, 3.05) is 12.4 Å². The molecule has 1 aliphatic rings. The Morgan fingerprint density at radius 3 is 2.64 bits per heavy atom. The van der Waals surface area contributed by atoms with E-state index in [0.717, 1.165) is 22.4 Å². The topological polar surface area (TPSA) is 78.3 Å². The Morgan fingerprint density at radius 2 is 1.90 bits per heavy atom. The monoisotopic (exact) mass is 560 g/mol. The van der Waals surface area contributed by atoms with Gasteiger partial charge in [0.05, 0.1) is 7.11 Å². The third kappa shape index (κ3) is 5.82. The number of rotatable bonds is 9. The van der Waals surface area contributed by atoms with Crippen molar-refractivity contribution in [2.24, 2.45) is 0 Å². The van der Waals surface area contributed by atoms with Gasteiger partial charge in [0.15, 0.2) is 17.3 Å². The van der Waals surface area contributed by atoms with Crippen LogP contribution in [0.5, 0.6) is 11.5 Å². The first-order valence-corrected chi connectivity index (χ1v) is 13.9. The molecule has 0 saturated heterocycles. The fraction of sp³-hybridized carbons (Fsp3) is 0.233. The Labute approximate surface area is 237 Å². The zero-order chi connectivity index (χ0) is 27.5. The van der Waals surface area contributed by atoms with E-state index in [1.807, 2.05) is 61.5 Å². The average Bonchev–Trinajstić information content (AvgIpc) is 3.32. The first kappa shape index (κ1) is 26.8. The number of ketones is 1. The molecule has 0 radical (unpaired) electrons. The summed E-state index contributed by atoms with van der Waals surface area (Å²) in [6, 6.07) is 21.2. The molecule has 9 heteroatoms. The second-order valence-corrected chi connectivity index (χ2v) is 10.7. The van der Waals surface area contributed by atoms with Crippen molar-refractivity contribution in [3.05, 3.63) is 105 Å². The van der Waals surface area contributed by atoms with E-state index in [-0.39, 0.29) is 5.78 Å². The highest BCUT2D eigenvalue weighted by atomic mass is 35.5. The molecule has 2 heterocycles. The predicted molar refractivity (Wildman–Crippen MR) is 155 cm³/mol. The maximum atomic E-state index is 12.8. The van der Waals surface area contributed by atoms with Crippen molar-refractivity contribution in [3.8, 4) is 11.5 Å². The number of ether oxygens (including phenoxy) is 2. The van der Waals surface area contributed by atoms with Crippen LogP contribution in [0.25, 0.3) is 0 Å². The Morgan fingerprint density at radius 1 is 1.08 bits per heavy atom. The number of carbonyl (C=O) groups excluding carboxylic acids is 1. The van der Waals surface area contributed by atoms with Crippen molar-refractivity contribution in [3.63, 3.8) is 0 Å². The van der Waals surface area contributed by atoms with Crippen LogP contribution in [0.3, 0.4) is 0 Å². The molecule has 0 spiro atoms. The zero-order valence-corrected chi connectivity index (χ0v) is 23.8. The summed E-state index contributed by atoms with van der Waals surface area (Å²) in [5.41, 5.74) is 5.46. The van der Waals surface area contributed by atoms with Crippen LogP contribution in [0.15, 0.2) is 83.2 Å². The number of hydrogen-bond donors (Lipinski definition) is 1. The van der Waals surface area contributed by atoms with Gasteiger partial charge >= 0.3 is 0 Å². The van der Waals surface area contributed by atoms with Crippen molar-refractivity contribution < 1.29 is 14.3 Å². The molecule has 1 aliphatic heterocycles. The van der Waals surface area contributed by atoms with E-state index in [9.17, 15) is 4.79 Å². The molecular weight excluding hydrogens is 532 g/mol. The Hall–Kier alpha value is -3.75. The summed E-state index contributed by atoms with van der Waals surface area (Å²) in [7, 11) is 1.61. The lowest BCUT2D eigenvalue weighted by Crippen LogP contribution is -2.27. The van der Waals surface area contributed by atoms with Crippen LogP contribution in [0.2, 0.25) is 5.02 Å². The maximum absolute atomic E-state index is 12.8. The molecule has 0 amide bonds. The molecule has 1 aromatic heterocycles. The molecule has 4 aromatic rings. The molecule has 0 bridgehead atoms. The van der Waals surface area contributed by atoms with Gasteiger partial charge in [0, 0.05) is 22.0 Å². The molecule has 200 valence electrons. The first-order valence-electron chi connectivity index (χ1n) is 12.5. The molecule has 1 unspecified atom stereocenters. The van der Waals surface area contributed by atoms with Gasteiger partial charge < -0.3 is 14.8 Å². The third-order valence-corrected chi connectivity index (χ3v) is 7.76. The van der Waals surface area contributed by atoms with E-state index in [1.54, 1.807) is 18.7 Å². The lowest BCUT2D eigenvalue weighted by Gasteiger charge is -2.28. The number of nitrogens with zero attached hydrogens (tertiary/aromatic N) is 3. The summed E-state index contributed by atoms with van der Waals surface area (Å²) in [6.45, 7) is 5.93. The summed E-state index contributed by atoms with van der Waals surface area (Å²) in [5.74, 6) is 2.35. The summed E-state index contributed by atoms with van der Waals surface area (Å²) in [6.07, 6.45) is 0. The van der Waals surface area contributed by atoms with Crippen LogP contribution in [0, 0.1) is 6.92 Å². The van der Waals surface area contributed by atoms with Gasteiger partial charge in [-0.25, -0.2) is 4.68 Å². The van der Waals surface area contributed by atoms with E-state index >= 15 is 0 Å². The number of halogens is 1. The highest BCUT2D eigenvalue weighted by molar-refractivity contribution is 7.98. The van der Waals surface area contributed by atoms with E-state index in [0.29, 0.717) is 45.6 Å². The molecule has 0 fully saturated rings. The van der Waals surface area contributed by atoms with Gasteiger partial charge in [-0.15, -0.1) is 5.10 Å². The van der Waals surface area contributed by atoms with Gasteiger partial charge in [-0.1, -0.05) is 77.5 Å². The minimum Gasteiger partial charge on any atom is -0.493 e. The molecule has 0 aliphatic carbocycles. The van der Waals surface area contributed by atoms with E-state index in [2.05, 4.69) is 24.4 Å². The lowest BCUT2D eigenvalue weighted by molar-refractivity contribution is -0.114. The molecule has 0 saturated carbocycles. The van der Waals surface area contributed by atoms with Crippen LogP contribution < -0.4 is 14.8 Å². The van der Waals surface area contributed by atoms with Gasteiger partial charge in [-0.3, -0.25) is 4.79 Å². The summed E-state index contributed by atoms with van der Waals surface area (Å²) >= 11 is 7.82. The summed E-state index contributed by atoms with van der Waals surface area (Å²) < 4.78 is 13.6. The van der Waals surface area contributed by atoms with Crippen molar-refractivity contribution in [2.45, 2.75) is 44.3 Å². The number of methoxy groups -OCH3 is 1. The number of benzene rings is 3. The minimum atomic E-state index is -0.472. The fourth-order valence-corrected chi connectivity index (χ4v) is 5.77. The highest BCUT2D eigenvalue weighted by Crippen LogP contribution is 2.40. The lowest BCUT2D eigenvalue weighted by atomic mass is 9.93. The van der Waals surface area contributed by atoms with Crippen LogP contribution in [-0.2, 0) is 17.2 Å². The molecule has 39 heavy (non-hydrogen) atoms. The number of carbonyl (C=O) groups is 1. The quantitative estimate of drug-likeness (QED) is 0.221. The first-order chi connectivity index (χ1) is 18.8. The molecule has 1 atom stereocenters. The number of aryl methyl sites for hydroxylation is 1. The number of hydrogen-bond acceptors (Lipinski definition) is 7. The Kier molecular flexibility index (Phi) is 7.95. The minimum absolute atomic E-state index is 0.0461. The number of Topliss-reactive ketones (excluding diaryl/α,β-unsaturated/α-hetero) is 1. The van der Waals surface area contributed by atoms with Crippen molar-refractivity contribution in [1.29, 1.82) is 0 Å². The fourth-order valence-electron chi connectivity index (χ4n) is 4.65. The largest absolute Gasteiger partial charge is 0.493 e. The van der Waals surface area contributed by atoms with Gasteiger partial charge in [-0.2, -0.15) is 4.98 Å². The van der Waals surface area contributed by atoms with Crippen LogP contribution in [0.4, 0.5) is 5.95 Å². The van der Waals surface area contributed by atoms with E-state index < -0.39 is 6.04 Å². The normalized spacial score (nSPS) is 14.5. The second kappa shape index (κ2) is 11.6. The summed E-state index contributed by atoms with van der Waals surface area (Å²) in [4.78, 5) is 17.5. The molecule has 3 aromatic carbocycles. The number of nitrogens with one attached hydrogen (secondary N) is 1. The smallest absolute Gasteiger partial charge is 0.227 e. The van der Waals surface area contributed by atoms with E-state index in [1.165, 1.54) is 17.3 Å². The molecular formula is C30H29ClN4O3S. The Balaban J connectivity index is 1.45. The van der Waals surface area contributed by atoms with Gasteiger partial charge in [-0.05, 0) is 55.7 Å². The van der Waals surface area contributed by atoms with Gasteiger partial charge in [0.25, 0.3) is 0 Å². The SMILES string of the molecule is COc1cc(C2C(C(C)=O)=C(C)Nc3nc(SCc4ccccc4Cl)nn32)ccc1OCc1cccc(C)c1. The number of allylic oxidation sites excluding steroid dienone is 2. The number of fused-ring (bicyclic) bond motifs is 1. The molecule has 1 N–H and O–H groups in total. The highest BCUT2D eigenvalue weighted by Gasteiger charge is 2.33. The molecule has 5 rings (SSSR count). The average molecular weight is 561 g/mol. The second-order valence-electron chi connectivity index (χ2n) is 9.35. The van der Waals surface area contributed by atoms with Crippen LogP contribution in [-0.4, -0.2) is 27.7 Å². The van der Waals surface area contributed by atoms with Gasteiger partial charge in [0.2, 0.25) is 11.1 Å². The van der Waals surface area contributed by atoms with Crippen LogP contribution in [0.1, 0.15) is 42.1 Å². The van der Waals surface area contributed by atoms with Crippen molar-refractivity contribution >= 4 is 35.1 Å². The number of thioether (sulfide) groups is 1. The predicted octanol–water partition coefficient (Wildman–Crippen LogP) is 7.00. The number of anilines is 1. The number of aromatic nitrogens is 3. The van der Waals surface area contributed by atoms with Gasteiger partial charge in [0.1, 0.15) is 12.6 Å². The summed E-state index contributed by atoms with van der Waals surface area (Å²) in [5, 5.41) is 9.34.